The maximum absolute atomic E-state index is 14.4. The van der Waals surface area contributed by atoms with Crippen LogP contribution in [0.2, 0.25) is 25.7 Å². The average molecular weight is 848 g/mol. The molecule has 0 aromatic heterocycles. The van der Waals surface area contributed by atoms with Crippen LogP contribution in [0.3, 0.4) is 0 Å². The van der Waals surface area contributed by atoms with Crippen LogP contribution in [0.25, 0.3) is 0 Å². The highest BCUT2D eigenvalue weighted by atomic mass is 28.3. The molecule has 0 unspecified atom stereocenters. The second-order valence-corrected chi connectivity index (χ2v) is 22.6. The van der Waals surface area contributed by atoms with Gasteiger partial charge < -0.3 is 44.1 Å². The number of ether oxygens (including phenoxy) is 5. The molecule has 2 N–H and O–H groups in total. The fraction of sp³-hybridized carbons (Fsp3) is 0.391. The van der Waals surface area contributed by atoms with Crippen LogP contribution in [0.5, 0.6) is 23.0 Å². The summed E-state index contributed by atoms with van der Waals surface area (Å²) in [5.41, 5.74) is 5.66. The maximum atomic E-state index is 14.4. The van der Waals surface area contributed by atoms with Crippen molar-refractivity contribution in [1.29, 1.82) is 0 Å². The Kier molecular flexibility index (Phi) is 12.1. The van der Waals surface area contributed by atoms with Gasteiger partial charge in [0.05, 0.1) is 36.7 Å². The molecule has 4 amide bonds. The fourth-order valence-corrected chi connectivity index (χ4v) is 9.10. The van der Waals surface area contributed by atoms with E-state index in [-0.39, 0.29) is 43.6 Å². The predicted octanol–water partition coefficient (Wildman–Crippen LogP) is 5.50. The van der Waals surface area contributed by atoms with Crippen molar-refractivity contribution in [2.75, 3.05) is 64.1 Å². The number of amides is 4. The molecule has 4 aromatic rings. The van der Waals surface area contributed by atoms with E-state index in [4.69, 9.17) is 23.7 Å². The van der Waals surface area contributed by atoms with E-state index < -0.39 is 20.2 Å². The van der Waals surface area contributed by atoms with Crippen molar-refractivity contribution in [2.24, 2.45) is 0 Å². The number of rotatable bonds is 15. The minimum absolute atomic E-state index is 0.00828. The standard InChI is InChI=1S/C46H53N5O9Si/c1-56-39-22-33-35(48-43(52)37-20-29-10-6-8-12-31(29)26-49(37)44(33)53)24-41(39)59-16-14-47-15-17-60-42-25-36-34(23-40(42)57-2)45(54)50-27-32-13-9-7-11-30(32)21-38(50)46(55)51(36)28-58-18-19-61(3,4)5/h6-13,22-25,37-38,47H,14-21,26-28H2,1-5H3,(H,48,52)/t37-,38-/m0/s1. The molecular weight excluding hydrogens is 795 g/mol. The van der Waals surface area contributed by atoms with Crippen molar-refractivity contribution in [3.05, 3.63) is 106 Å². The molecule has 4 aliphatic rings. The number of hydrogen-bond donors (Lipinski definition) is 2. The molecule has 4 heterocycles. The van der Waals surface area contributed by atoms with E-state index in [0.29, 0.717) is 91.1 Å². The molecule has 0 fully saturated rings. The van der Waals surface area contributed by atoms with Crippen molar-refractivity contribution < 1.29 is 42.9 Å². The minimum atomic E-state index is -1.39. The highest BCUT2D eigenvalue weighted by molar-refractivity contribution is 6.76. The first kappa shape index (κ1) is 41.8. The Morgan fingerprint density at radius 3 is 1.82 bits per heavy atom. The molecule has 8 rings (SSSR count). The Morgan fingerprint density at radius 2 is 1.21 bits per heavy atom. The number of anilines is 2. The van der Waals surface area contributed by atoms with Crippen molar-refractivity contribution >= 4 is 43.1 Å². The number of nitrogens with one attached hydrogen (secondary N) is 2. The van der Waals surface area contributed by atoms with Gasteiger partial charge in [0.1, 0.15) is 32.0 Å². The molecule has 320 valence electrons. The first-order chi connectivity index (χ1) is 29.4. The van der Waals surface area contributed by atoms with Gasteiger partial charge in [-0.2, -0.15) is 0 Å². The predicted molar refractivity (Wildman–Crippen MR) is 233 cm³/mol. The van der Waals surface area contributed by atoms with Crippen LogP contribution in [-0.2, 0) is 40.3 Å². The Balaban J connectivity index is 0.914. The van der Waals surface area contributed by atoms with Gasteiger partial charge in [-0.05, 0) is 40.4 Å². The summed E-state index contributed by atoms with van der Waals surface area (Å²) in [5, 5.41) is 6.26. The zero-order chi connectivity index (χ0) is 42.8. The molecule has 61 heavy (non-hydrogen) atoms. The van der Waals surface area contributed by atoms with E-state index in [9.17, 15) is 19.2 Å². The summed E-state index contributed by atoms with van der Waals surface area (Å²) >= 11 is 0. The summed E-state index contributed by atoms with van der Waals surface area (Å²) in [5.74, 6) is 0.594. The largest absolute Gasteiger partial charge is 0.493 e. The van der Waals surface area contributed by atoms with Gasteiger partial charge in [-0.15, -0.1) is 0 Å². The van der Waals surface area contributed by atoms with E-state index in [0.717, 1.165) is 28.3 Å². The first-order valence-corrected chi connectivity index (χ1v) is 24.5. The van der Waals surface area contributed by atoms with Gasteiger partial charge in [0.25, 0.3) is 17.7 Å². The number of carbonyl (C=O) groups excluding carboxylic acids is 4. The summed E-state index contributed by atoms with van der Waals surface area (Å²) in [6.07, 6.45) is 0.859. The summed E-state index contributed by atoms with van der Waals surface area (Å²) in [7, 11) is 1.64. The van der Waals surface area contributed by atoms with Crippen LogP contribution in [0.1, 0.15) is 43.0 Å². The number of fused-ring (bicyclic) bond motifs is 6. The van der Waals surface area contributed by atoms with Crippen LogP contribution >= 0.6 is 0 Å². The number of benzene rings is 4. The summed E-state index contributed by atoms with van der Waals surface area (Å²) in [6.45, 7) is 9.40. The van der Waals surface area contributed by atoms with E-state index in [1.807, 2.05) is 48.5 Å². The zero-order valence-corrected chi connectivity index (χ0v) is 36.4. The highest BCUT2D eigenvalue weighted by Gasteiger charge is 2.43. The van der Waals surface area contributed by atoms with Crippen molar-refractivity contribution in [1.82, 2.24) is 15.1 Å². The molecular formula is C46H53N5O9Si. The third kappa shape index (κ3) is 8.67. The molecule has 4 aromatic carbocycles. The summed E-state index contributed by atoms with van der Waals surface area (Å²) in [6, 6.07) is 22.1. The molecule has 0 radical (unpaired) electrons. The SMILES string of the molecule is COc1cc2c(cc1OCCNCCOc1cc3c(cc1OC)C(=O)N1Cc4ccccc4C[C@H]1C(=O)N3COCC[Si](C)(C)C)NC(=O)[C@@H]1Cc3ccccc3CN1C2=O. The lowest BCUT2D eigenvalue weighted by Crippen LogP contribution is -2.51. The van der Waals surface area contributed by atoms with Gasteiger partial charge >= 0.3 is 0 Å². The number of carbonyl (C=O) groups is 4. The fourth-order valence-electron chi connectivity index (χ4n) is 8.34. The van der Waals surface area contributed by atoms with Gasteiger partial charge in [0.2, 0.25) is 5.91 Å². The van der Waals surface area contributed by atoms with Gasteiger partial charge in [0.15, 0.2) is 23.0 Å². The second-order valence-electron chi connectivity index (χ2n) is 17.0. The number of nitrogens with zero attached hydrogens (tertiary/aromatic N) is 3. The van der Waals surface area contributed by atoms with E-state index >= 15 is 0 Å². The second kappa shape index (κ2) is 17.6. The topological polar surface area (TPSA) is 148 Å². The first-order valence-electron chi connectivity index (χ1n) is 20.8. The Bertz CT molecular complexity index is 2350. The smallest absolute Gasteiger partial charge is 0.257 e. The lowest BCUT2D eigenvalue weighted by Gasteiger charge is -2.35. The lowest BCUT2D eigenvalue weighted by atomic mass is 9.93. The van der Waals surface area contributed by atoms with Gasteiger partial charge in [0, 0.05) is 65.8 Å². The van der Waals surface area contributed by atoms with Crippen LogP contribution in [-0.4, -0.2) is 107 Å². The normalized spacial score (nSPS) is 18.1. The third-order valence-corrected chi connectivity index (χ3v) is 13.5. The molecule has 2 atom stereocenters. The van der Waals surface area contributed by atoms with Crippen molar-refractivity contribution in [3.8, 4) is 23.0 Å². The monoisotopic (exact) mass is 847 g/mol. The molecule has 0 saturated heterocycles. The molecule has 0 bridgehead atoms. The van der Waals surface area contributed by atoms with E-state index in [2.05, 4.69) is 30.3 Å². The number of methoxy groups -OCH3 is 2. The van der Waals surface area contributed by atoms with E-state index in [1.165, 1.54) is 14.2 Å². The maximum Gasteiger partial charge on any atom is 0.257 e. The molecule has 15 heteroatoms. The van der Waals surface area contributed by atoms with Crippen LogP contribution in [0.4, 0.5) is 11.4 Å². The number of hydrogen-bond acceptors (Lipinski definition) is 10. The Labute approximate surface area is 357 Å². The quantitative estimate of drug-likeness (QED) is 0.116. The summed E-state index contributed by atoms with van der Waals surface area (Å²) in [4.78, 5) is 60.7. The summed E-state index contributed by atoms with van der Waals surface area (Å²) < 4.78 is 29.8. The molecule has 0 saturated carbocycles. The van der Waals surface area contributed by atoms with Crippen molar-refractivity contribution in [3.63, 3.8) is 0 Å². The van der Waals surface area contributed by atoms with Gasteiger partial charge in [-0.25, -0.2) is 0 Å². The van der Waals surface area contributed by atoms with Crippen molar-refractivity contribution in [2.45, 2.75) is 63.7 Å². The Morgan fingerprint density at radius 1 is 0.672 bits per heavy atom. The van der Waals surface area contributed by atoms with Gasteiger partial charge in [-0.1, -0.05) is 68.2 Å². The minimum Gasteiger partial charge on any atom is -0.493 e. The third-order valence-electron chi connectivity index (χ3n) is 11.8. The van der Waals surface area contributed by atoms with E-state index in [1.54, 1.807) is 39.0 Å². The zero-order valence-electron chi connectivity index (χ0n) is 35.4. The molecule has 14 nitrogen and oxygen atoms in total. The average Bonchev–Trinajstić information content (AvgIpc) is 3.40. The lowest BCUT2D eigenvalue weighted by molar-refractivity contribution is -0.124. The van der Waals surface area contributed by atoms with Gasteiger partial charge in [-0.3, -0.25) is 24.1 Å². The molecule has 4 aliphatic heterocycles. The Hall–Kier alpha value is -5.90. The van der Waals surface area contributed by atoms with Crippen LogP contribution in [0, 0.1) is 0 Å². The van der Waals surface area contributed by atoms with Crippen LogP contribution < -0.4 is 34.5 Å². The van der Waals surface area contributed by atoms with Crippen LogP contribution in [0.15, 0.2) is 72.8 Å². The highest BCUT2D eigenvalue weighted by Crippen LogP contribution is 2.41. The molecule has 0 aliphatic carbocycles. The molecule has 0 spiro atoms.